The smallest absolute Gasteiger partial charge is 0.255 e. The first-order valence-corrected chi connectivity index (χ1v) is 15.8. The SMILES string of the molecule is CN(C)C(=O)c1cn(CC2(O)CCN(C(=O)CCC3CCCCC3)CC23CCCC3)c(=O)cc1-c1cccc(CO)c1. The highest BCUT2D eigenvalue weighted by molar-refractivity contribution is 6.00. The normalized spacial score (nSPS) is 22.4. The first kappa shape index (κ1) is 30.5. The van der Waals surface area contributed by atoms with E-state index in [4.69, 9.17) is 0 Å². The molecule has 1 aromatic carbocycles. The minimum Gasteiger partial charge on any atom is -0.392 e. The lowest BCUT2D eigenvalue weighted by molar-refractivity contribution is -0.160. The van der Waals surface area contributed by atoms with Crippen LogP contribution in [0.4, 0.5) is 0 Å². The fourth-order valence-electron chi connectivity index (χ4n) is 7.74. The Hall–Kier alpha value is -2.97. The van der Waals surface area contributed by atoms with E-state index in [0.717, 1.165) is 32.1 Å². The van der Waals surface area contributed by atoms with Crippen LogP contribution in [0.2, 0.25) is 0 Å². The molecule has 1 unspecified atom stereocenters. The van der Waals surface area contributed by atoms with Crippen molar-refractivity contribution in [1.82, 2.24) is 14.4 Å². The lowest BCUT2D eigenvalue weighted by Gasteiger charge is -2.52. The van der Waals surface area contributed by atoms with Gasteiger partial charge in [-0.2, -0.15) is 0 Å². The molecular formula is C34H47N3O5. The number of carbonyl (C=O) groups excluding carboxylic acids is 2. The van der Waals surface area contributed by atoms with E-state index in [2.05, 4.69) is 0 Å². The quantitative estimate of drug-likeness (QED) is 0.478. The molecule has 1 aliphatic heterocycles. The van der Waals surface area contributed by atoms with Gasteiger partial charge >= 0.3 is 0 Å². The zero-order chi connectivity index (χ0) is 29.9. The van der Waals surface area contributed by atoms with Gasteiger partial charge in [0.1, 0.15) is 0 Å². The summed E-state index contributed by atoms with van der Waals surface area (Å²) in [6, 6.07) is 8.68. The molecule has 2 saturated carbocycles. The summed E-state index contributed by atoms with van der Waals surface area (Å²) >= 11 is 0. The molecule has 1 atom stereocenters. The molecule has 1 saturated heterocycles. The summed E-state index contributed by atoms with van der Waals surface area (Å²) in [6.45, 7) is 0.945. The molecular weight excluding hydrogens is 530 g/mol. The van der Waals surface area contributed by atoms with Crippen LogP contribution in [0.1, 0.15) is 93.0 Å². The molecule has 0 bridgehead atoms. The summed E-state index contributed by atoms with van der Waals surface area (Å²) in [4.78, 5) is 43.7. The molecule has 3 aliphatic rings. The highest BCUT2D eigenvalue weighted by Crippen LogP contribution is 2.51. The van der Waals surface area contributed by atoms with E-state index in [0.29, 0.717) is 54.1 Å². The van der Waals surface area contributed by atoms with E-state index in [9.17, 15) is 24.6 Å². The summed E-state index contributed by atoms with van der Waals surface area (Å²) in [7, 11) is 3.35. The second-order valence-electron chi connectivity index (χ2n) is 13.3. The highest BCUT2D eigenvalue weighted by Gasteiger charge is 2.55. The first-order valence-electron chi connectivity index (χ1n) is 15.8. The van der Waals surface area contributed by atoms with Gasteiger partial charge in [-0.1, -0.05) is 63.1 Å². The minimum absolute atomic E-state index is 0.0839. The van der Waals surface area contributed by atoms with Gasteiger partial charge in [0.05, 0.1) is 24.3 Å². The number of carbonyl (C=O) groups is 2. The number of pyridine rings is 1. The number of aliphatic hydroxyl groups is 2. The van der Waals surface area contributed by atoms with Crippen molar-refractivity contribution in [2.45, 2.75) is 95.8 Å². The second kappa shape index (κ2) is 12.7. The molecule has 5 rings (SSSR count). The molecule has 2 amide bonds. The van der Waals surface area contributed by atoms with E-state index in [1.54, 1.807) is 38.5 Å². The monoisotopic (exact) mass is 577 g/mol. The van der Waals surface area contributed by atoms with E-state index >= 15 is 0 Å². The molecule has 0 radical (unpaired) electrons. The number of hydrogen-bond acceptors (Lipinski definition) is 5. The number of benzene rings is 1. The fraction of sp³-hybridized carbons (Fsp3) is 0.618. The van der Waals surface area contributed by atoms with Gasteiger partial charge in [-0.25, -0.2) is 0 Å². The second-order valence-corrected chi connectivity index (χ2v) is 13.3. The molecule has 2 N–H and O–H groups in total. The van der Waals surface area contributed by atoms with Crippen LogP contribution in [0.5, 0.6) is 0 Å². The Balaban J connectivity index is 1.40. The number of aliphatic hydroxyl groups excluding tert-OH is 1. The van der Waals surface area contributed by atoms with Gasteiger partial charge in [-0.3, -0.25) is 14.4 Å². The molecule has 42 heavy (non-hydrogen) atoms. The summed E-state index contributed by atoms with van der Waals surface area (Å²) in [5.74, 6) is 0.610. The van der Waals surface area contributed by atoms with Crippen LogP contribution in [-0.4, -0.2) is 69.2 Å². The maximum atomic E-state index is 13.6. The third kappa shape index (κ3) is 6.20. The van der Waals surface area contributed by atoms with Crippen molar-refractivity contribution in [2.24, 2.45) is 11.3 Å². The van der Waals surface area contributed by atoms with Crippen LogP contribution in [0, 0.1) is 11.3 Å². The Bertz CT molecular complexity index is 1340. The lowest BCUT2D eigenvalue weighted by Crippen LogP contribution is -2.62. The van der Waals surface area contributed by atoms with Crippen LogP contribution >= 0.6 is 0 Å². The van der Waals surface area contributed by atoms with Crippen molar-refractivity contribution >= 4 is 11.8 Å². The van der Waals surface area contributed by atoms with Gasteiger partial charge in [0.2, 0.25) is 5.91 Å². The van der Waals surface area contributed by atoms with Gasteiger partial charge in [0, 0.05) is 56.8 Å². The van der Waals surface area contributed by atoms with Crippen molar-refractivity contribution in [1.29, 1.82) is 0 Å². The fourth-order valence-corrected chi connectivity index (χ4v) is 7.74. The molecule has 8 nitrogen and oxygen atoms in total. The lowest BCUT2D eigenvalue weighted by atomic mass is 9.65. The van der Waals surface area contributed by atoms with Crippen molar-refractivity contribution in [3.63, 3.8) is 0 Å². The Morgan fingerprint density at radius 2 is 1.76 bits per heavy atom. The van der Waals surface area contributed by atoms with Gasteiger partial charge in [0.25, 0.3) is 11.5 Å². The number of piperidine rings is 1. The molecule has 1 spiro atoms. The van der Waals surface area contributed by atoms with Crippen LogP contribution in [0.25, 0.3) is 11.1 Å². The minimum atomic E-state index is -1.16. The van der Waals surface area contributed by atoms with Gasteiger partial charge in [-0.15, -0.1) is 0 Å². The summed E-state index contributed by atoms with van der Waals surface area (Å²) in [6.07, 6.45) is 13.5. The highest BCUT2D eigenvalue weighted by atomic mass is 16.3. The Morgan fingerprint density at radius 1 is 1.02 bits per heavy atom. The third-order valence-corrected chi connectivity index (χ3v) is 10.3. The molecule has 2 aromatic rings. The Kier molecular flexibility index (Phi) is 9.23. The maximum Gasteiger partial charge on any atom is 0.255 e. The zero-order valence-corrected chi connectivity index (χ0v) is 25.3. The number of amides is 2. The van der Waals surface area contributed by atoms with Crippen LogP contribution in [0.3, 0.4) is 0 Å². The number of hydrogen-bond donors (Lipinski definition) is 2. The van der Waals surface area contributed by atoms with Crippen molar-refractivity contribution < 1.29 is 19.8 Å². The molecule has 3 fully saturated rings. The average Bonchev–Trinajstić information content (AvgIpc) is 3.48. The molecule has 2 heterocycles. The summed E-state index contributed by atoms with van der Waals surface area (Å²) in [5, 5.41) is 21.9. The molecule has 228 valence electrons. The van der Waals surface area contributed by atoms with E-state index < -0.39 is 11.0 Å². The van der Waals surface area contributed by atoms with Crippen molar-refractivity contribution in [2.75, 3.05) is 27.2 Å². The van der Waals surface area contributed by atoms with Crippen molar-refractivity contribution in [3.05, 3.63) is 58.0 Å². The van der Waals surface area contributed by atoms with E-state index in [-0.39, 0.29) is 30.5 Å². The molecule has 1 aromatic heterocycles. The Labute approximate surface area is 249 Å². The van der Waals surface area contributed by atoms with Gasteiger partial charge < -0.3 is 24.6 Å². The predicted octanol–water partition coefficient (Wildman–Crippen LogP) is 4.59. The Morgan fingerprint density at radius 3 is 2.45 bits per heavy atom. The number of aromatic nitrogens is 1. The van der Waals surface area contributed by atoms with Crippen LogP contribution in [0.15, 0.2) is 41.3 Å². The first-order chi connectivity index (χ1) is 20.1. The van der Waals surface area contributed by atoms with E-state index in [1.807, 2.05) is 11.0 Å². The van der Waals surface area contributed by atoms with Crippen LogP contribution in [-0.2, 0) is 17.9 Å². The maximum absolute atomic E-state index is 13.6. The van der Waals surface area contributed by atoms with E-state index in [1.165, 1.54) is 47.6 Å². The van der Waals surface area contributed by atoms with Gasteiger partial charge in [0.15, 0.2) is 0 Å². The predicted molar refractivity (Wildman–Crippen MR) is 163 cm³/mol. The van der Waals surface area contributed by atoms with Gasteiger partial charge in [-0.05, 0) is 48.8 Å². The number of rotatable bonds is 8. The topological polar surface area (TPSA) is 103 Å². The summed E-state index contributed by atoms with van der Waals surface area (Å²) in [5.41, 5.74) is 0.331. The largest absolute Gasteiger partial charge is 0.392 e. The molecule has 2 aliphatic carbocycles. The molecule has 8 heteroatoms. The standard InChI is InChI=1S/C34H47N3O5/c1-35(2)32(41)29-21-37(31(40)20-28(29)27-12-8-11-26(19-27)22-38)24-34(42)17-18-36(23-33(34)15-6-7-16-33)30(39)14-13-25-9-4-3-5-10-25/h8,11-12,19-21,25,38,42H,3-7,9-10,13-18,22-24H2,1-2H3. The average molecular weight is 578 g/mol. The third-order valence-electron chi connectivity index (χ3n) is 10.3. The number of likely N-dealkylation sites (tertiary alicyclic amines) is 1. The van der Waals surface area contributed by atoms with Crippen molar-refractivity contribution in [3.8, 4) is 11.1 Å². The summed E-state index contributed by atoms with van der Waals surface area (Å²) < 4.78 is 1.50. The zero-order valence-electron chi connectivity index (χ0n) is 25.3. The number of nitrogens with zero attached hydrogens (tertiary/aromatic N) is 3. The van der Waals surface area contributed by atoms with Crippen LogP contribution < -0.4 is 5.56 Å².